The van der Waals surface area contributed by atoms with Crippen LogP contribution in [0.15, 0.2) is 4.99 Å². The monoisotopic (exact) mass is 397 g/mol. The highest BCUT2D eigenvalue weighted by molar-refractivity contribution is 14.0. The van der Waals surface area contributed by atoms with E-state index < -0.39 is 18.8 Å². The number of aliphatic imine (C=N–C) groups is 1. The largest absolute Gasteiger partial charge is 0.416 e. The van der Waals surface area contributed by atoms with Gasteiger partial charge in [0.25, 0.3) is 0 Å². The molecule has 0 aromatic heterocycles. The van der Waals surface area contributed by atoms with Gasteiger partial charge in [0.2, 0.25) is 0 Å². The third-order valence-electron chi connectivity index (χ3n) is 2.59. The van der Waals surface area contributed by atoms with E-state index in [4.69, 9.17) is 9.84 Å². The average molecular weight is 397 g/mol. The van der Waals surface area contributed by atoms with E-state index in [0.717, 1.165) is 12.8 Å². The zero-order chi connectivity index (χ0) is 13.6. The fourth-order valence-electron chi connectivity index (χ4n) is 1.55. The summed E-state index contributed by atoms with van der Waals surface area (Å²) in [6.07, 6.45) is -5.05. The van der Waals surface area contributed by atoms with Crippen molar-refractivity contribution in [2.75, 3.05) is 26.7 Å². The molecule has 114 valence electrons. The van der Waals surface area contributed by atoms with Gasteiger partial charge in [-0.3, -0.25) is 4.99 Å². The van der Waals surface area contributed by atoms with E-state index in [9.17, 15) is 13.2 Å². The van der Waals surface area contributed by atoms with Gasteiger partial charge in [0.15, 0.2) is 12.1 Å². The standard InChI is InChI=1S/C10H18F3N3O2.HI/c1-14-9(15-5-7-3-2-4-18-7)16-6-8(17)10(11,12)13;/h7-8,17H,2-6H2,1H3,(H2,14,15,16);1H. The first-order chi connectivity index (χ1) is 8.43. The van der Waals surface area contributed by atoms with Gasteiger partial charge in [0, 0.05) is 20.2 Å². The lowest BCUT2D eigenvalue weighted by atomic mass is 10.2. The van der Waals surface area contributed by atoms with Crippen LogP contribution in [0.1, 0.15) is 12.8 Å². The molecular formula is C10H19F3IN3O2. The van der Waals surface area contributed by atoms with Crippen LogP contribution in [0.5, 0.6) is 0 Å². The van der Waals surface area contributed by atoms with Crippen molar-refractivity contribution >= 4 is 29.9 Å². The summed E-state index contributed by atoms with van der Waals surface area (Å²) in [7, 11) is 1.45. The highest BCUT2D eigenvalue weighted by Gasteiger charge is 2.38. The minimum absolute atomic E-state index is 0. The van der Waals surface area contributed by atoms with E-state index in [-0.39, 0.29) is 36.0 Å². The second-order valence-corrected chi connectivity index (χ2v) is 4.03. The zero-order valence-corrected chi connectivity index (χ0v) is 12.9. The summed E-state index contributed by atoms with van der Waals surface area (Å²) in [6.45, 7) is 0.571. The molecule has 3 N–H and O–H groups in total. The lowest BCUT2D eigenvalue weighted by molar-refractivity contribution is -0.201. The molecule has 0 saturated carbocycles. The Labute approximate surface area is 127 Å². The molecule has 0 radical (unpaired) electrons. The van der Waals surface area contributed by atoms with Crippen molar-refractivity contribution in [1.82, 2.24) is 10.6 Å². The topological polar surface area (TPSA) is 65.9 Å². The molecule has 0 spiro atoms. The van der Waals surface area contributed by atoms with Crippen LogP contribution in [-0.2, 0) is 4.74 Å². The number of aliphatic hydroxyl groups is 1. The van der Waals surface area contributed by atoms with Crippen LogP contribution < -0.4 is 10.6 Å². The Bertz CT molecular complexity index is 284. The molecule has 9 heteroatoms. The molecule has 1 rings (SSSR count). The first-order valence-corrected chi connectivity index (χ1v) is 5.74. The van der Waals surface area contributed by atoms with E-state index >= 15 is 0 Å². The summed E-state index contributed by atoms with van der Waals surface area (Å²) in [5.74, 6) is 0.216. The molecule has 0 aromatic carbocycles. The third kappa shape index (κ3) is 7.16. The molecule has 0 amide bonds. The number of aliphatic hydroxyl groups excluding tert-OH is 1. The maximum Gasteiger partial charge on any atom is 0.416 e. The Kier molecular flexibility index (Phi) is 8.66. The van der Waals surface area contributed by atoms with Crippen molar-refractivity contribution in [2.45, 2.75) is 31.2 Å². The highest BCUT2D eigenvalue weighted by atomic mass is 127. The molecule has 19 heavy (non-hydrogen) atoms. The summed E-state index contributed by atoms with van der Waals surface area (Å²) in [5.41, 5.74) is 0. The van der Waals surface area contributed by atoms with Crippen LogP contribution in [0.25, 0.3) is 0 Å². The Hall–Kier alpha value is -0.290. The van der Waals surface area contributed by atoms with Gasteiger partial charge >= 0.3 is 6.18 Å². The van der Waals surface area contributed by atoms with Gasteiger partial charge in [-0.05, 0) is 12.8 Å². The fraction of sp³-hybridized carbons (Fsp3) is 0.900. The van der Waals surface area contributed by atoms with Gasteiger partial charge in [0.05, 0.1) is 12.6 Å². The van der Waals surface area contributed by atoms with Gasteiger partial charge < -0.3 is 20.5 Å². The molecule has 0 aromatic rings. The van der Waals surface area contributed by atoms with Gasteiger partial charge in [0.1, 0.15) is 0 Å². The number of alkyl halides is 3. The Balaban J connectivity index is 0.00000324. The van der Waals surface area contributed by atoms with Crippen molar-refractivity contribution in [2.24, 2.45) is 4.99 Å². The predicted octanol–water partition coefficient (Wildman–Crippen LogP) is 0.872. The van der Waals surface area contributed by atoms with Crippen LogP contribution in [0, 0.1) is 0 Å². The Morgan fingerprint density at radius 3 is 2.63 bits per heavy atom. The third-order valence-corrected chi connectivity index (χ3v) is 2.59. The smallest absolute Gasteiger partial charge is 0.382 e. The van der Waals surface area contributed by atoms with Gasteiger partial charge in [-0.1, -0.05) is 0 Å². The molecule has 1 saturated heterocycles. The lowest BCUT2D eigenvalue weighted by Crippen LogP contribution is -2.46. The SMILES string of the molecule is CN=C(NCC1CCCO1)NCC(O)C(F)(F)F.I. The van der Waals surface area contributed by atoms with Crippen LogP contribution >= 0.6 is 24.0 Å². The van der Waals surface area contributed by atoms with Crippen LogP contribution in [-0.4, -0.2) is 56.2 Å². The summed E-state index contributed by atoms with van der Waals surface area (Å²) >= 11 is 0. The second-order valence-electron chi connectivity index (χ2n) is 4.03. The molecule has 1 heterocycles. The number of ether oxygens (including phenoxy) is 1. The maximum absolute atomic E-state index is 12.1. The molecule has 1 fully saturated rings. The Morgan fingerprint density at radius 1 is 1.47 bits per heavy atom. The van der Waals surface area contributed by atoms with Crippen LogP contribution in [0.3, 0.4) is 0 Å². The van der Waals surface area contributed by atoms with E-state index in [1.807, 2.05) is 0 Å². The number of hydrogen-bond donors (Lipinski definition) is 3. The molecule has 2 atom stereocenters. The van der Waals surface area contributed by atoms with Crippen molar-refractivity contribution in [1.29, 1.82) is 0 Å². The molecule has 1 aliphatic heterocycles. The lowest BCUT2D eigenvalue weighted by Gasteiger charge is -2.18. The summed E-state index contributed by atoms with van der Waals surface area (Å²) in [4.78, 5) is 3.76. The molecular weight excluding hydrogens is 378 g/mol. The summed E-state index contributed by atoms with van der Waals surface area (Å²) in [5, 5.41) is 14.1. The van der Waals surface area contributed by atoms with Crippen molar-refractivity contribution < 1.29 is 23.0 Å². The van der Waals surface area contributed by atoms with Crippen molar-refractivity contribution in [3.63, 3.8) is 0 Å². The summed E-state index contributed by atoms with van der Waals surface area (Å²) in [6, 6.07) is 0. The van der Waals surface area contributed by atoms with Gasteiger partial charge in [-0.2, -0.15) is 13.2 Å². The quantitative estimate of drug-likeness (QED) is 0.374. The maximum atomic E-state index is 12.1. The first kappa shape index (κ1) is 18.7. The minimum Gasteiger partial charge on any atom is -0.382 e. The van der Waals surface area contributed by atoms with Crippen molar-refractivity contribution in [3.05, 3.63) is 0 Å². The van der Waals surface area contributed by atoms with Crippen molar-refractivity contribution in [3.8, 4) is 0 Å². The normalized spacial score (nSPS) is 21.7. The van der Waals surface area contributed by atoms with E-state index in [0.29, 0.717) is 13.2 Å². The molecule has 0 bridgehead atoms. The van der Waals surface area contributed by atoms with E-state index in [1.54, 1.807) is 0 Å². The van der Waals surface area contributed by atoms with E-state index in [1.165, 1.54) is 7.05 Å². The Morgan fingerprint density at radius 2 is 2.16 bits per heavy atom. The minimum atomic E-state index is -4.62. The predicted molar refractivity (Wildman–Crippen MR) is 75.8 cm³/mol. The van der Waals surface area contributed by atoms with E-state index in [2.05, 4.69) is 15.6 Å². The second kappa shape index (κ2) is 8.80. The number of nitrogens with zero attached hydrogens (tertiary/aromatic N) is 1. The summed E-state index contributed by atoms with van der Waals surface area (Å²) < 4.78 is 41.5. The number of nitrogens with one attached hydrogen (secondary N) is 2. The van der Waals surface area contributed by atoms with Crippen LogP contribution in [0.4, 0.5) is 13.2 Å². The highest BCUT2D eigenvalue weighted by Crippen LogP contribution is 2.19. The van der Waals surface area contributed by atoms with Gasteiger partial charge in [-0.25, -0.2) is 0 Å². The molecule has 2 unspecified atom stereocenters. The zero-order valence-electron chi connectivity index (χ0n) is 10.5. The molecule has 0 aliphatic carbocycles. The molecule has 1 aliphatic rings. The number of halogens is 4. The van der Waals surface area contributed by atoms with Gasteiger partial charge in [-0.15, -0.1) is 24.0 Å². The number of rotatable bonds is 4. The number of hydrogen-bond acceptors (Lipinski definition) is 3. The first-order valence-electron chi connectivity index (χ1n) is 5.74. The fourth-order valence-corrected chi connectivity index (χ4v) is 1.55. The van der Waals surface area contributed by atoms with Crippen LogP contribution in [0.2, 0.25) is 0 Å². The number of guanidine groups is 1. The molecule has 5 nitrogen and oxygen atoms in total. The average Bonchev–Trinajstić information content (AvgIpc) is 2.80.